The molecule has 1 atom stereocenters. The summed E-state index contributed by atoms with van der Waals surface area (Å²) in [7, 11) is 0. The fraction of sp³-hybridized carbons (Fsp3) is 0.250. The van der Waals surface area contributed by atoms with E-state index in [-0.39, 0.29) is 12.2 Å². The standard InChI is InChI=1S/C16H16F3N/c1-2-16(20,12-5-3-4-6-13(12)17)10-11-7-8-14(18)15(19)9-11/h3-9H,2,10,20H2,1H3. The van der Waals surface area contributed by atoms with Crippen molar-refractivity contribution in [3.8, 4) is 0 Å². The third kappa shape index (κ3) is 2.85. The molecule has 4 heteroatoms. The van der Waals surface area contributed by atoms with Crippen LogP contribution in [0.2, 0.25) is 0 Å². The van der Waals surface area contributed by atoms with E-state index in [1.807, 2.05) is 6.92 Å². The van der Waals surface area contributed by atoms with Crippen LogP contribution in [-0.4, -0.2) is 0 Å². The van der Waals surface area contributed by atoms with Crippen LogP contribution in [0.3, 0.4) is 0 Å². The maximum absolute atomic E-state index is 13.9. The van der Waals surface area contributed by atoms with Crippen molar-refractivity contribution >= 4 is 0 Å². The lowest BCUT2D eigenvalue weighted by molar-refractivity contribution is 0.401. The minimum Gasteiger partial charge on any atom is -0.321 e. The molecule has 0 fully saturated rings. The summed E-state index contributed by atoms with van der Waals surface area (Å²) in [5, 5.41) is 0. The molecular weight excluding hydrogens is 263 g/mol. The van der Waals surface area contributed by atoms with Crippen LogP contribution < -0.4 is 5.73 Å². The lowest BCUT2D eigenvalue weighted by Gasteiger charge is -2.29. The molecule has 0 saturated carbocycles. The maximum atomic E-state index is 13.9. The molecule has 2 N–H and O–H groups in total. The molecule has 2 aromatic rings. The van der Waals surface area contributed by atoms with Crippen molar-refractivity contribution in [2.24, 2.45) is 5.73 Å². The fourth-order valence-corrected chi connectivity index (χ4v) is 2.29. The summed E-state index contributed by atoms with van der Waals surface area (Å²) < 4.78 is 40.1. The summed E-state index contributed by atoms with van der Waals surface area (Å²) >= 11 is 0. The molecule has 0 radical (unpaired) electrons. The van der Waals surface area contributed by atoms with Crippen molar-refractivity contribution < 1.29 is 13.2 Å². The first-order valence-corrected chi connectivity index (χ1v) is 6.44. The van der Waals surface area contributed by atoms with E-state index in [9.17, 15) is 13.2 Å². The van der Waals surface area contributed by atoms with Crippen molar-refractivity contribution in [2.75, 3.05) is 0 Å². The van der Waals surface area contributed by atoms with Gasteiger partial charge in [-0.15, -0.1) is 0 Å². The molecule has 0 aromatic heterocycles. The molecule has 0 saturated heterocycles. The quantitative estimate of drug-likeness (QED) is 0.902. The highest BCUT2D eigenvalue weighted by atomic mass is 19.2. The van der Waals surface area contributed by atoms with E-state index >= 15 is 0 Å². The van der Waals surface area contributed by atoms with Gasteiger partial charge in [0.25, 0.3) is 0 Å². The van der Waals surface area contributed by atoms with Crippen LogP contribution in [0, 0.1) is 17.5 Å². The second kappa shape index (κ2) is 5.67. The predicted molar refractivity (Wildman–Crippen MR) is 72.6 cm³/mol. The number of halogens is 3. The van der Waals surface area contributed by atoms with Crippen LogP contribution in [0.25, 0.3) is 0 Å². The Hall–Kier alpha value is -1.81. The van der Waals surface area contributed by atoms with Crippen LogP contribution in [0.4, 0.5) is 13.2 Å². The molecule has 0 aliphatic rings. The first-order valence-electron chi connectivity index (χ1n) is 6.44. The largest absolute Gasteiger partial charge is 0.321 e. The predicted octanol–water partition coefficient (Wildman–Crippen LogP) is 3.91. The van der Waals surface area contributed by atoms with Gasteiger partial charge in [0.1, 0.15) is 5.82 Å². The molecule has 2 rings (SSSR count). The molecule has 0 amide bonds. The second-order valence-electron chi connectivity index (χ2n) is 4.91. The van der Waals surface area contributed by atoms with Gasteiger partial charge in [-0.25, -0.2) is 13.2 Å². The highest BCUT2D eigenvalue weighted by Crippen LogP contribution is 2.29. The van der Waals surface area contributed by atoms with Gasteiger partial charge in [-0.2, -0.15) is 0 Å². The Morgan fingerprint density at radius 1 is 0.950 bits per heavy atom. The number of hydrogen-bond donors (Lipinski definition) is 1. The van der Waals surface area contributed by atoms with Gasteiger partial charge in [-0.1, -0.05) is 31.2 Å². The zero-order chi connectivity index (χ0) is 14.8. The third-order valence-corrected chi connectivity index (χ3v) is 3.54. The summed E-state index contributed by atoms with van der Waals surface area (Å²) in [4.78, 5) is 0. The van der Waals surface area contributed by atoms with E-state index in [1.54, 1.807) is 18.2 Å². The minimum atomic E-state index is -0.949. The highest BCUT2D eigenvalue weighted by Gasteiger charge is 2.28. The third-order valence-electron chi connectivity index (χ3n) is 3.54. The monoisotopic (exact) mass is 279 g/mol. The van der Waals surface area contributed by atoms with Gasteiger partial charge in [0, 0.05) is 11.1 Å². The Morgan fingerprint density at radius 3 is 2.25 bits per heavy atom. The first kappa shape index (κ1) is 14.6. The van der Waals surface area contributed by atoms with Crippen molar-refractivity contribution in [3.05, 3.63) is 71.0 Å². The molecule has 0 heterocycles. The van der Waals surface area contributed by atoms with Crippen molar-refractivity contribution in [1.82, 2.24) is 0 Å². The average molecular weight is 279 g/mol. The van der Waals surface area contributed by atoms with Crippen molar-refractivity contribution in [2.45, 2.75) is 25.3 Å². The summed E-state index contributed by atoms with van der Waals surface area (Å²) in [6.07, 6.45) is 0.717. The first-order chi connectivity index (χ1) is 9.46. The average Bonchev–Trinajstić information content (AvgIpc) is 2.43. The van der Waals surface area contributed by atoms with Gasteiger partial charge >= 0.3 is 0 Å². The van der Waals surface area contributed by atoms with Crippen LogP contribution in [0.15, 0.2) is 42.5 Å². The zero-order valence-electron chi connectivity index (χ0n) is 11.2. The number of hydrogen-bond acceptors (Lipinski definition) is 1. The van der Waals surface area contributed by atoms with Crippen LogP contribution >= 0.6 is 0 Å². The smallest absolute Gasteiger partial charge is 0.159 e. The van der Waals surface area contributed by atoms with Gasteiger partial charge in [0.15, 0.2) is 11.6 Å². The summed E-state index contributed by atoms with van der Waals surface area (Å²) in [6, 6.07) is 9.90. The van der Waals surface area contributed by atoms with Gasteiger partial charge in [0.05, 0.1) is 0 Å². The molecular formula is C16H16F3N. The van der Waals surface area contributed by atoms with Gasteiger partial charge in [-0.05, 0) is 36.6 Å². The molecule has 1 nitrogen and oxygen atoms in total. The molecule has 20 heavy (non-hydrogen) atoms. The topological polar surface area (TPSA) is 26.0 Å². The number of nitrogens with two attached hydrogens (primary N) is 1. The Balaban J connectivity index is 2.36. The molecule has 106 valence electrons. The second-order valence-corrected chi connectivity index (χ2v) is 4.91. The van der Waals surface area contributed by atoms with Crippen LogP contribution in [-0.2, 0) is 12.0 Å². The van der Waals surface area contributed by atoms with Crippen molar-refractivity contribution in [1.29, 1.82) is 0 Å². The fourth-order valence-electron chi connectivity index (χ4n) is 2.29. The van der Waals surface area contributed by atoms with Gasteiger partial charge in [-0.3, -0.25) is 0 Å². The van der Waals surface area contributed by atoms with E-state index in [1.165, 1.54) is 12.1 Å². The minimum absolute atomic E-state index is 0.238. The Labute approximate surface area is 116 Å². The maximum Gasteiger partial charge on any atom is 0.159 e. The summed E-state index contributed by atoms with van der Waals surface area (Å²) in [5.41, 5.74) is 6.25. The molecule has 1 unspecified atom stereocenters. The van der Waals surface area contributed by atoms with Crippen LogP contribution in [0.5, 0.6) is 0 Å². The Bertz CT molecular complexity index is 612. The SMILES string of the molecule is CCC(N)(Cc1ccc(F)c(F)c1)c1ccccc1F. The van der Waals surface area contributed by atoms with Crippen LogP contribution in [0.1, 0.15) is 24.5 Å². The number of rotatable bonds is 4. The van der Waals surface area contributed by atoms with E-state index in [0.717, 1.165) is 12.1 Å². The summed E-state index contributed by atoms with van der Waals surface area (Å²) in [6.45, 7) is 1.84. The van der Waals surface area contributed by atoms with Crippen molar-refractivity contribution in [3.63, 3.8) is 0 Å². The molecule has 0 aliphatic heterocycles. The lowest BCUT2D eigenvalue weighted by atomic mass is 9.82. The van der Waals surface area contributed by atoms with E-state index in [0.29, 0.717) is 17.5 Å². The lowest BCUT2D eigenvalue weighted by Crippen LogP contribution is -2.39. The molecule has 0 spiro atoms. The Morgan fingerprint density at radius 2 is 1.65 bits per heavy atom. The Kier molecular flexibility index (Phi) is 4.14. The normalized spacial score (nSPS) is 14.1. The zero-order valence-corrected chi connectivity index (χ0v) is 11.2. The van der Waals surface area contributed by atoms with Gasteiger partial charge in [0.2, 0.25) is 0 Å². The van der Waals surface area contributed by atoms with Gasteiger partial charge < -0.3 is 5.73 Å². The highest BCUT2D eigenvalue weighted by molar-refractivity contribution is 5.30. The molecule has 0 bridgehead atoms. The number of benzene rings is 2. The summed E-state index contributed by atoms with van der Waals surface area (Å²) in [5.74, 6) is -2.22. The molecule has 2 aromatic carbocycles. The molecule has 0 aliphatic carbocycles. The van der Waals surface area contributed by atoms with E-state index in [2.05, 4.69) is 0 Å². The van der Waals surface area contributed by atoms with E-state index in [4.69, 9.17) is 5.73 Å². The van der Waals surface area contributed by atoms with E-state index < -0.39 is 17.2 Å².